The Morgan fingerprint density at radius 2 is 1.92 bits per heavy atom. The maximum absolute atomic E-state index is 12.6. The molecule has 1 heterocycles. The molecule has 0 saturated carbocycles. The van der Waals surface area contributed by atoms with Crippen LogP contribution in [0.25, 0.3) is 0 Å². The number of ether oxygens (including phenoxy) is 3. The van der Waals surface area contributed by atoms with Crippen molar-refractivity contribution in [3.8, 4) is 11.5 Å². The van der Waals surface area contributed by atoms with Gasteiger partial charge in [-0.25, -0.2) is 0 Å². The van der Waals surface area contributed by atoms with Crippen LogP contribution in [-0.2, 0) is 16.0 Å². The lowest BCUT2D eigenvalue weighted by Crippen LogP contribution is -2.34. The number of carbonyl (C=O) groups is 1. The van der Waals surface area contributed by atoms with E-state index < -0.39 is 0 Å². The quantitative estimate of drug-likeness (QED) is 0.538. The zero-order valence-corrected chi connectivity index (χ0v) is 17.8. The molecule has 1 amide bonds. The first-order valence-corrected chi connectivity index (χ1v) is 10.2. The third kappa shape index (κ3) is 5.09. The predicted molar refractivity (Wildman–Crippen MR) is 108 cm³/mol. The van der Waals surface area contributed by atoms with Gasteiger partial charge in [-0.15, -0.1) is 0 Å². The van der Waals surface area contributed by atoms with E-state index >= 15 is 0 Å². The highest BCUT2D eigenvalue weighted by Gasteiger charge is 2.37. The molecule has 8 heteroatoms. The molecular weight excluding hydrogens is 426 g/mol. The van der Waals surface area contributed by atoms with E-state index in [1.165, 1.54) is 11.8 Å². The molecular formula is C17H22BrNO4S2. The Hall–Kier alpha value is -0.830. The van der Waals surface area contributed by atoms with Gasteiger partial charge in [-0.2, -0.15) is 0 Å². The van der Waals surface area contributed by atoms with E-state index in [0.29, 0.717) is 37.1 Å². The molecule has 0 radical (unpaired) electrons. The van der Waals surface area contributed by atoms with Gasteiger partial charge in [0.15, 0.2) is 0 Å². The van der Waals surface area contributed by atoms with Crippen LogP contribution in [0.1, 0.15) is 19.4 Å². The highest BCUT2D eigenvalue weighted by atomic mass is 79.9. The first-order chi connectivity index (χ1) is 12.0. The molecule has 0 bridgehead atoms. The van der Waals surface area contributed by atoms with Crippen LogP contribution in [0.4, 0.5) is 0 Å². The van der Waals surface area contributed by atoms with Crippen LogP contribution in [0.15, 0.2) is 16.6 Å². The van der Waals surface area contributed by atoms with Gasteiger partial charge in [0, 0.05) is 13.2 Å². The lowest BCUT2D eigenvalue weighted by molar-refractivity contribution is -0.126. The highest BCUT2D eigenvalue weighted by molar-refractivity contribution is 9.10. The molecule has 1 aromatic rings. The Balaban J connectivity index is 2.20. The molecule has 138 valence electrons. The Kier molecular flexibility index (Phi) is 7.99. The van der Waals surface area contributed by atoms with Gasteiger partial charge in [0.25, 0.3) is 0 Å². The minimum Gasteiger partial charge on any atom is -0.493 e. The molecule has 1 atom stereocenters. The maximum atomic E-state index is 12.6. The van der Waals surface area contributed by atoms with Gasteiger partial charge in [0.1, 0.15) is 15.8 Å². The van der Waals surface area contributed by atoms with Crippen molar-refractivity contribution in [3.63, 3.8) is 0 Å². The third-order valence-electron chi connectivity index (χ3n) is 3.64. The molecule has 0 N–H and O–H groups in total. The summed E-state index contributed by atoms with van der Waals surface area (Å²) in [4.78, 5) is 14.3. The number of hydrogen-bond donors (Lipinski definition) is 0. The third-order valence-corrected chi connectivity index (χ3v) is 5.85. The van der Waals surface area contributed by atoms with Crippen molar-refractivity contribution in [1.29, 1.82) is 0 Å². The Labute approximate surface area is 166 Å². The summed E-state index contributed by atoms with van der Waals surface area (Å²) in [5, 5.41) is -0.242. The summed E-state index contributed by atoms with van der Waals surface area (Å²) in [6.07, 6.45) is 0.549. The van der Waals surface area contributed by atoms with Gasteiger partial charge in [0.05, 0.1) is 36.1 Å². The highest BCUT2D eigenvalue weighted by Crippen LogP contribution is 2.37. The molecule has 1 aliphatic rings. The zero-order valence-electron chi connectivity index (χ0n) is 14.5. The number of hydrogen-bond acceptors (Lipinski definition) is 6. The van der Waals surface area contributed by atoms with Gasteiger partial charge in [-0.1, -0.05) is 24.0 Å². The van der Waals surface area contributed by atoms with Crippen LogP contribution in [0, 0.1) is 0 Å². The summed E-state index contributed by atoms with van der Waals surface area (Å²) in [6.45, 7) is 5.95. The largest absolute Gasteiger partial charge is 0.493 e. The Morgan fingerprint density at radius 3 is 2.56 bits per heavy atom. The summed E-state index contributed by atoms with van der Waals surface area (Å²) in [5.74, 6) is 1.50. The summed E-state index contributed by atoms with van der Waals surface area (Å²) in [6, 6.07) is 3.84. The van der Waals surface area contributed by atoms with Crippen molar-refractivity contribution in [2.24, 2.45) is 0 Å². The second kappa shape index (κ2) is 9.75. The molecule has 25 heavy (non-hydrogen) atoms. The number of benzene rings is 1. The van der Waals surface area contributed by atoms with Crippen LogP contribution in [-0.4, -0.2) is 53.9 Å². The van der Waals surface area contributed by atoms with Crippen LogP contribution in [0.2, 0.25) is 0 Å². The minimum absolute atomic E-state index is 0.0273. The van der Waals surface area contributed by atoms with Crippen molar-refractivity contribution >= 4 is 50.1 Å². The van der Waals surface area contributed by atoms with Crippen molar-refractivity contribution < 1.29 is 19.0 Å². The number of methoxy groups -OCH3 is 1. The maximum Gasteiger partial charge on any atom is 0.242 e. The topological polar surface area (TPSA) is 48.0 Å². The molecule has 0 aromatic heterocycles. The van der Waals surface area contributed by atoms with E-state index in [2.05, 4.69) is 15.9 Å². The Bertz CT molecular complexity index is 641. The molecule has 0 unspecified atom stereocenters. The smallest absolute Gasteiger partial charge is 0.242 e. The van der Waals surface area contributed by atoms with Gasteiger partial charge >= 0.3 is 0 Å². The second-order valence-corrected chi connectivity index (χ2v) is 8.01. The summed E-state index contributed by atoms with van der Waals surface area (Å²) in [5.41, 5.74) is 0.958. The molecule has 1 saturated heterocycles. The fourth-order valence-electron chi connectivity index (χ4n) is 2.50. The van der Waals surface area contributed by atoms with Gasteiger partial charge in [-0.3, -0.25) is 9.69 Å². The van der Waals surface area contributed by atoms with Crippen molar-refractivity contribution in [1.82, 2.24) is 4.90 Å². The number of rotatable bonds is 9. The molecule has 5 nitrogen and oxygen atoms in total. The van der Waals surface area contributed by atoms with Crippen LogP contribution in [0.3, 0.4) is 0 Å². The van der Waals surface area contributed by atoms with Crippen molar-refractivity contribution in [2.45, 2.75) is 25.5 Å². The van der Waals surface area contributed by atoms with Crippen molar-refractivity contribution in [2.75, 3.05) is 33.5 Å². The first kappa shape index (κ1) is 20.5. The summed E-state index contributed by atoms with van der Waals surface area (Å²) >= 11 is 10.3. The van der Waals surface area contributed by atoms with E-state index in [0.717, 1.165) is 21.5 Å². The number of halogens is 1. The molecule has 0 spiro atoms. The number of thioether (sulfide) groups is 1. The molecule has 0 aliphatic carbocycles. The first-order valence-electron chi connectivity index (χ1n) is 8.10. The number of nitrogens with zero attached hydrogens (tertiary/aromatic N) is 1. The SMILES string of the molecule is CCOc1cc(OCC)c(C[C@@H]2SC(=S)N(CCOC)C2=O)cc1Br. The molecule has 1 fully saturated rings. The minimum atomic E-state index is -0.242. The number of thiocarbonyl (C=S) groups is 1. The van der Waals surface area contributed by atoms with Gasteiger partial charge < -0.3 is 14.2 Å². The summed E-state index contributed by atoms with van der Waals surface area (Å²) in [7, 11) is 1.61. The average molecular weight is 448 g/mol. The average Bonchev–Trinajstić information content (AvgIpc) is 2.84. The van der Waals surface area contributed by atoms with E-state index in [-0.39, 0.29) is 11.2 Å². The fourth-order valence-corrected chi connectivity index (χ4v) is 4.58. The van der Waals surface area contributed by atoms with Gasteiger partial charge in [-0.05, 0) is 47.8 Å². The van der Waals surface area contributed by atoms with E-state index in [1.54, 1.807) is 12.0 Å². The van der Waals surface area contributed by atoms with Crippen LogP contribution in [0.5, 0.6) is 11.5 Å². The summed E-state index contributed by atoms with van der Waals surface area (Å²) < 4.78 is 17.9. The van der Waals surface area contributed by atoms with E-state index in [9.17, 15) is 4.79 Å². The molecule has 1 aromatic carbocycles. The normalized spacial score (nSPS) is 17.3. The fraction of sp³-hybridized carbons (Fsp3) is 0.529. The van der Waals surface area contributed by atoms with Gasteiger partial charge in [0.2, 0.25) is 5.91 Å². The standard InChI is InChI=1S/C17H22BrNO4S2/c1-4-22-13-10-14(23-5-2)12(18)8-11(13)9-15-16(20)19(6-7-21-3)17(24)25-15/h8,10,15H,4-7,9H2,1-3H3/t15-/m0/s1. The predicted octanol–water partition coefficient (Wildman–Crippen LogP) is 3.66. The Morgan fingerprint density at radius 1 is 1.24 bits per heavy atom. The van der Waals surface area contributed by atoms with Crippen LogP contribution < -0.4 is 9.47 Å². The molecule has 1 aliphatic heterocycles. The monoisotopic (exact) mass is 447 g/mol. The van der Waals surface area contributed by atoms with Crippen LogP contribution >= 0.6 is 39.9 Å². The number of amides is 1. The zero-order chi connectivity index (χ0) is 18.4. The van der Waals surface area contributed by atoms with E-state index in [4.69, 9.17) is 26.4 Å². The van der Waals surface area contributed by atoms with E-state index in [1.807, 2.05) is 26.0 Å². The lowest BCUT2D eigenvalue weighted by atomic mass is 10.1. The van der Waals surface area contributed by atoms with Crippen molar-refractivity contribution in [3.05, 3.63) is 22.2 Å². The lowest BCUT2D eigenvalue weighted by Gasteiger charge is -2.17. The molecule has 2 rings (SSSR count). The number of carbonyl (C=O) groups excluding carboxylic acids is 1. The second-order valence-electron chi connectivity index (χ2n) is 5.32.